The minimum absolute atomic E-state index is 0.0951. The van der Waals surface area contributed by atoms with Crippen molar-refractivity contribution in [2.24, 2.45) is 5.92 Å². The summed E-state index contributed by atoms with van der Waals surface area (Å²) in [6.07, 6.45) is 3.62. The van der Waals surface area contributed by atoms with Crippen LogP contribution in [0.5, 0.6) is 0 Å². The van der Waals surface area contributed by atoms with E-state index in [2.05, 4.69) is 10.6 Å². The Labute approximate surface area is 181 Å². The normalized spacial score (nSPS) is 14.1. The van der Waals surface area contributed by atoms with Gasteiger partial charge in [-0.25, -0.2) is 4.39 Å². The fraction of sp³-hybridized carbons (Fsp3) is 0.333. The van der Waals surface area contributed by atoms with Gasteiger partial charge in [0.05, 0.1) is 18.3 Å². The van der Waals surface area contributed by atoms with Crippen molar-refractivity contribution in [3.8, 4) is 0 Å². The number of carbonyl (C=O) groups is 2. The Bertz CT molecular complexity index is 902. The molecule has 7 heteroatoms. The SMILES string of the molecule is CC=CC(C)CCC(=O)Nc1cc(C(=O)NC(CO)C(O)c2ccccc2)ccc1F. The summed E-state index contributed by atoms with van der Waals surface area (Å²) in [4.78, 5) is 24.8. The van der Waals surface area contributed by atoms with Gasteiger partial charge in [-0.1, -0.05) is 49.4 Å². The minimum Gasteiger partial charge on any atom is -0.394 e. The number of benzene rings is 2. The zero-order chi connectivity index (χ0) is 22.8. The zero-order valence-electron chi connectivity index (χ0n) is 17.7. The van der Waals surface area contributed by atoms with Crippen LogP contribution in [0.25, 0.3) is 0 Å². The molecule has 2 aromatic rings. The highest BCUT2D eigenvalue weighted by Crippen LogP contribution is 2.20. The molecule has 0 aliphatic carbocycles. The molecule has 0 radical (unpaired) electrons. The van der Waals surface area contributed by atoms with Gasteiger partial charge < -0.3 is 20.8 Å². The Kier molecular flexibility index (Phi) is 9.37. The summed E-state index contributed by atoms with van der Waals surface area (Å²) < 4.78 is 14.2. The van der Waals surface area contributed by atoms with E-state index in [1.165, 1.54) is 12.1 Å². The first-order valence-corrected chi connectivity index (χ1v) is 10.2. The maximum Gasteiger partial charge on any atom is 0.251 e. The van der Waals surface area contributed by atoms with Gasteiger partial charge in [0.2, 0.25) is 5.91 Å². The molecule has 0 heterocycles. The number of halogens is 1. The predicted molar refractivity (Wildman–Crippen MR) is 118 cm³/mol. The Hall–Kier alpha value is -3.03. The predicted octanol–water partition coefficient (Wildman–Crippen LogP) is 3.58. The van der Waals surface area contributed by atoms with Crippen LogP contribution in [0.3, 0.4) is 0 Å². The summed E-state index contributed by atoms with van der Waals surface area (Å²) in [5.74, 6) is -1.38. The van der Waals surface area contributed by atoms with E-state index in [0.29, 0.717) is 12.0 Å². The molecule has 2 rings (SSSR count). The van der Waals surface area contributed by atoms with Gasteiger partial charge in [0.15, 0.2) is 0 Å². The number of carbonyl (C=O) groups excluding carboxylic acids is 2. The van der Waals surface area contributed by atoms with Crippen LogP contribution in [0.15, 0.2) is 60.7 Å². The Morgan fingerprint density at radius 2 is 1.87 bits per heavy atom. The topological polar surface area (TPSA) is 98.7 Å². The van der Waals surface area contributed by atoms with E-state index < -0.39 is 30.5 Å². The fourth-order valence-electron chi connectivity index (χ4n) is 3.12. The summed E-state index contributed by atoms with van der Waals surface area (Å²) in [5.41, 5.74) is 0.541. The third-order valence-electron chi connectivity index (χ3n) is 4.89. The van der Waals surface area contributed by atoms with Crippen molar-refractivity contribution in [2.75, 3.05) is 11.9 Å². The van der Waals surface area contributed by atoms with Crippen LogP contribution in [0.2, 0.25) is 0 Å². The van der Waals surface area contributed by atoms with Crippen LogP contribution in [0.1, 0.15) is 48.7 Å². The first kappa shape index (κ1) is 24.2. The van der Waals surface area contributed by atoms with Gasteiger partial charge in [0.1, 0.15) is 11.9 Å². The molecule has 0 aliphatic heterocycles. The summed E-state index contributed by atoms with van der Waals surface area (Å²) >= 11 is 0. The molecule has 0 aliphatic rings. The van der Waals surface area contributed by atoms with Gasteiger partial charge in [-0.3, -0.25) is 9.59 Å². The molecule has 0 spiro atoms. The summed E-state index contributed by atoms with van der Waals surface area (Å²) in [7, 11) is 0. The Balaban J connectivity index is 2.05. The first-order chi connectivity index (χ1) is 14.8. The lowest BCUT2D eigenvalue weighted by Gasteiger charge is -2.22. The molecule has 0 saturated carbocycles. The number of allylic oxidation sites excluding steroid dienone is 2. The van der Waals surface area contributed by atoms with Crippen LogP contribution in [0.4, 0.5) is 10.1 Å². The molecule has 0 fully saturated rings. The number of amides is 2. The van der Waals surface area contributed by atoms with E-state index in [1.807, 2.05) is 26.0 Å². The summed E-state index contributed by atoms with van der Waals surface area (Å²) in [6, 6.07) is 11.3. The minimum atomic E-state index is -1.12. The maximum absolute atomic E-state index is 14.2. The zero-order valence-corrected chi connectivity index (χ0v) is 17.7. The van der Waals surface area contributed by atoms with Crippen molar-refractivity contribution in [2.45, 2.75) is 38.8 Å². The second kappa shape index (κ2) is 12.0. The van der Waals surface area contributed by atoms with Gasteiger partial charge in [0, 0.05) is 12.0 Å². The lowest BCUT2D eigenvalue weighted by Crippen LogP contribution is -2.42. The molecular weight excluding hydrogens is 399 g/mol. The molecule has 0 bridgehead atoms. The fourth-order valence-corrected chi connectivity index (χ4v) is 3.12. The smallest absolute Gasteiger partial charge is 0.251 e. The van der Waals surface area contributed by atoms with Crippen LogP contribution < -0.4 is 10.6 Å². The number of hydrogen-bond acceptors (Lipinski definition) is 4. The highest BCUT2D eigenvalue weighted by atomic mass is 19.1. The van der Waals surface area contributed by atoms with E-state index in [0.717, 1.165) is 6.07 Å². The van der Waals surface area contributed by atoms with Crippen LogP contribution in [-0.2, 0) is 4.79 Å². The summed E-state index contributed by atoms with van der Waals surface area (Å²) in [5, 5.41) is 25.1. The standard InChI is InChI=1S/C24H29FN2O4/c1-3-7-16(2)10-13-22(29)26-20-14-18(11-12-19(20)25)24(31)27-21(15-28)23(30)17-8-5-4-6-9-17/h3-9,11-12,14,16,21,23,28,30H,10,13,15H2,1-2H3,(H,26,29)(H,27,31). The maximum atomic E-state index is 14.2. The molecule has 6 nitrogen and oxygen atoms in total. The van der Waals surface area contributed by atoms with Crippen molar-refractivity contribution in [3.05, 3.63) is 77.6 Å². The average Bonchev–Trinajstić information content (AvgIpc) is 2.77. The molecule has 0 aromatic heterocycles. The van der Waals surface area contributed by atoms with Crippen molar-refractivity contribution in [3.63, 3.8) is 0 Å². The number of nitrogens with one attached hydrogen (secondary N) is 2. The van der Waals surface area contributed by atoms with E-state index in [9.17, 15) is 24.2 Å². The second-order valence-corrected chi connectivity index (χ2v) is 7.40. The van der Waals surface area contributed by atoms with Gasteiger partial charge in [0.25, 0.3) is 5.91 Å². The van der Waals surface area contributed by atoms with E-state index in [-0.39, 0.29) is 29.5 Å². The van der Waals surface area contributed by atoms with Crippen LogP contribution in [0, 0.1) is 11.7 Å². The molecule has 3 atom stereocenters. The first-order valence-electron chi connectivity index (χ1n) is 10.2. The van der Waals surface area contributed by atoms with Gasteiger partial charge >= 0.3 is 0 Å². The van der Waals surface area contributed by atoms with Crippen molar-refractivity contribution >= 4 is 17.5 Å². The molecule has 3 unspecified atom stereocenters. The van der Waals surface area contributed by atoms with Crippen LogP contribution in [-0.4, -0.2) is 34.7 Å². The molecule has 4 N–H and O–H groups in total. The van der Waals surface area contributed by atoms with Crippen molar-refractivity contribution < 1.29 is 24.2 Å². The van der Waals surface area contributed by atoms with Gasteiger partial charge in [-0.05, 0) is 43.0 Å². The highest BCUT2D eigenvalue weighted by Gasteiger charge is 2.23. The molecular formula is C24H29FN2O4. The highest BCUT2D eigenvalue weighted by molar-refractivity contribution is 5.97. The number of aliphatic hydroxyl groups is 2. The molecule has 166 valence electrons. The largest absolute Gasteiger partial charge is 0.394 e. The van der Waals surface area contributed by atoms with Crippen molar-refractivity contribution in [1.29, 1.82) is 0 Å². The van der Waals surface area contributed by atoms with Gasteiger partial charge in [-0.15, -0.1) is 0 Å². The number of anilines is 1. The monoisotopic (exact) mass is 428 g/mol. The molecule has 31 heavy (non-hydrogen) atoms. The lowest BCUT2D eigenvalue weighted by molar-refractivity contribution is -0.116. The third kappa shape index (κ3) is 7.31. The second-order valence-electron chi connectivity index (χ2n) is 7.40. The lowest BCUT2D eigenvalue weighted by atomic mass is 10.0. The average molecular weight is 429 g/mol. The van der Waals surface area contributed by atoms with E-state index in [1.54, 1.807) is 30.3 Å². The molecule has 2 aromatic carbocycles. The number of hydrogen-bond donors (Lipinski definition) is 4. The van der Waals surface area contributed by atoms with E-state index >= 15 is 0 Å². The van der Waals surface area contributed by atoms with Crippen LogP contribution >= 0.6 is 0 Å². The third-order valence-corrected chi connectivity index (χ3v) is 4.89. The summed E-state index contributed by atoms with van der Waals surface area (Å²) in [6.45, 7) is 3.40. The Morgan fingerprint density at radius 3 is 2.52 bits per heavy atom. The van der Waals surface area contributed by atoms with E-state index in [4.69, 9.17) is 0 Å². The quantitative estimate of drug-likeness (QED) is 0.435. The molecule has 0 saturated heterocycles. The van der Waals surface area contributed by atoms with Crippen molar-refractivity contribution in [1.82, 2.24) is 5.32 Å². The molecule has 2 amide bonds. The Morgan fingerprint density at radius 1 is 1.16 bits per heavy atom. The van der Waals surface area contributed by atoms with Gasteiger partial charge in [-0.2, -0.15) is 0 Å². The number of aliphatic hydroxyl groups excluding tert-OH is 2. The number of rotatable bonds is 10.